The summed E-state index contributed by atoms with van der Waals surface area (Å²) in [6.45, 7) is 9.89. The van der Waals surface area contributed by atoms with Gasteiger partial charge in [-0.25, -0.2) is 0 Å². The lowest BCUT2D eigenvalue weighted by atomic mass is 10.1. The molecule has 3 nitrogen and oxygen atoms in total. The second-order valence-electron chi connectivity index (χ2n) is 6.24. The Balaban J connectivity index is 1.85. The second kappa shape index (κ2) is 6.40. The third-order valence-corrected chi connectivity index (χ3v) is 4.32. The molecule has 1 saturated heterocycles. The van der Waals surface area contributed by atoms with Gasteiger partial charge in [0, 0.05) is 33.1 Å². The molecule has 110 valence electrons. The summed E-state index contributed by atoms with van der Waals surface area (Å²) in [6, 6.07) is 6.70. The lowest BCUT2D eigenvalue weighted by Gasteiger charge is -2.21. The Morgan fingerprint density at radius 3 is 2.70 bits per heavy atom. The van der Waals surface area contributed by atoms with Crippen LogP contribution >= 0.6 is 0 Å². The van der Waals surface area contributed by atoms with Gasteiger partial charge >= 0.3 is 0 Å². The molecule has 1 heterocycles. The van der Waals surface area contributed by atoms with Crippen LogP contribution in [0.15, 0.2) is 18.2 Å². The molecule has 1 amide bonds. The molecule has 0 saturated carbocycles. The van der Waals surface area contributed by atoms with Crippen LogP contribution in [0.25, 0.3) is 0 Å². The van der Waals surface area contributed by atoms with Gasteiger partial charge in [-0.05, 0) is 49.9 Å². The van der Waals surface area contributed by atoms with Gasteiger partial charge in [-0.15, -0.1) is 0 Å². The number of likely N-dealkylation sites (tertiary alicyclic amines) is 1. The molecule has 1 aromatic rings. The van der Waals surface area contributed by atoms with Gasteiger partial charge in [-0.3, -0.25) is 4.79 Å². The van der Waals surface area contributed by atoms with Gasteiger partial charge in [0.15, 0.2) is 0 Å². The fourth-order valence-corrected chi connectivity index (χ4v) is 2.99. The lowest BCUT2D eigenvalue weighted by Crippen LogP contribution is -2.30. The third kappa shape index (κ3) is 3.83. The SMILES string of the molecule is CC(=O)N1CC[C@H](CN(C)Cc2ccc(C)c(C)c2)C1. The number of rotatable bonds is 4. The van der Waals surface area contributed by atoms with E-state index in [1.54, 1.807) is 6.92 Å². The van der Waals surface area contributed by atoms with Gasteiger partial charge < -0.3 is 9.80 Å². The summed E-state index contributed by atoms with van der Waals surface area (Å²) >= 11 is 0. The van der Waals surface area contributed by atoms with E-state index in [0.717, 1.165) is 32.6 Å². The first-order chi connectivity index (χ1) is 9.45. The number of hydrogen-bond acceptors (Lipinski definition) is 2. The molecular weight excluding hydrogens is 248 g/mol. The Hall–Kier alpha value is -1.35. The maximum Gasteiger partial charge on any atom is 0.219 e. The average molecular weight is 274 g/mol. The molecule has 0 aromatic heterocycles. The van der Waals surface area contributed by atoms with Crippen LogP contribution in [0.1, 0.15) is 30.0 Å². The van der Waals surface area contributed by atoms with E-state index >= 15 is 0 Å². The molecule has 0 spiro atoms. The number of amides is 1. The van der Waals surface area contributed by atoms with E-state index in [2.05, 4.69) is 44.0 Å². The van der Waals surface area contributed by atoms with Gasteiger partial charge in [-0.2, -0.15) is 0 Å². The minimum Gasteiger partial charge on any atom is -0.343 e. The fourth-order valence-electron chi connectivity index (χ4n) is 2.99. The van der Waals surface area contributed by atoms with Crippen molar-refractivity contribution in [2.24, 2.45) is 5.92 Å². The number of benzene rings is 1. The zero-order valence-electron chi connectivity index (χ0n) is 13.1. The maximum absolute atomic E-state index is 11.4. The number of carbonyl (C=O) groups excluding carboxylic acids is 1. The normalized spacial score (nSPS) is 18.9. The summed E-state index contributed by atoms with van der Waals surface area (Å²) in [7, 11) is 2.17. The van der Waals surface area contributed by atoms with Crippen molar-refractivity contribution in [3.8, 4) is 0 Å². The monoisotopic (exact) mass is 274 g/mol. The van der Waals surface area contributed by atoms with Crippen LogP contribution in [0, 0.1) is 19.8 Å². The fraction of sp³-hybridized carbons (Fsp3) is 0.588. The summed E-state index contributed by atoms with van der Waals surface area (Å²) in [5.41, 5.74) is 4.08. The highest BCUT2D eigenvalue weighted by atomic mass is 16.2. The molecule has 1 atom stereocenters. The number of aryl methyl sites for hydroxylation is 2. The third-order valence-electron chi connectivity index (χ3n) is 4.32. The first kappa shape index (κ1) is 15.0. The predicted molar refractivity (Wildman–Crippen MR) is 82.6 cm³/mol. The first-order valence-corrected chi connectivity index (χ1v) is 7.46. The molecule has 1 fully saturated rings. The van der Waals surface area contributed by atoms with Gasteiger partial charge in [0.2, 0.25) is 5.91 Å². The van der Waals surface area contributed by atoms with Crippen molar-refractivity contribution in [1.82, 2.24) is 9.80 Å². The Labute approximate surface area is 122 Å². The Morgan fingerprint density at radius 2 is 2.10 bits per heavy atom. The molecule has 20 heavy (non-hydrogen) atoms. The van der Waals surface area contributed by atoms with Gasteiger partial charge in [0.05, 0.1) is 0 Å². The number of carbonyl (C=O) groups is 1. The summed E-state index contributed by atoms with van der Waals surface area (Å²) < 4.78 is 0. The number of nitrogens with zero attached hydrogens (tertiary/aromatic N) is 2. The highest BCUT2D eigenvalue weighted by Crippen LogP contribution is 2.18. The highest BCUT2D eigenvalue weighted by molar-refractivity contribution is 5.73. The Kier molecular flexibility index (Phi) is 4.81. The minimum atomic E-state index is 0.212. The molecule has 1 aromatic carbocycles. The molecule has 0 bridgehead atoms. The average Bonchev–Trinajstić information content (AvgIpc) is 2.82. The number of hydrogen-bond donors (Lipinski definition) is 0. The zero-order chi connectivity index (χ0) is 14.7. The summed E-state index contributed by atoms with van der Waals surface area (Å²) in [5, 5.41) is 0. The standard InChI is InChI=1S/C17H26N2O/c1-13-5-6-16(9-14(13)2)10-18(4)11-17-7-8-19(12-17)15(3)20/h5-6,9,17H,7-8,10-12H2,1-4H3/t17-/m1/s1. The summed E-state index contributed by atoms with van der Waals surface area (Å²) in [4.78, 5) is 15.7. The Morgan fingerprint density at radius 1 is 1.35 bits per heavy atom. The molecule has 1 aliphatic heterocycles. The molecule has 2 rings (SSSR count). The molecule has 3 heteroatoms. The van der Waals surface area contributed by atoms with Crippen molar-refractivity contribution in [1.29, 1.82) is 0 Å². The van der Waals surface area contributed by atoms with Crippen molar-refractivity contribution >= 4 is 5.91 Å². The van der Waals surface area contributed by atoms with E-state index in [0.29, 0.717) is 5.92 Å². The molecule has 0 aliphatic carbocycles. The van der Waals surface area contributed by atoms with E-state index in [9.17, 15) is 4.79 Å². The van der Waals surface area contributed by atoms with Crippen molar-refractivity contribution in [2.45, 2.75) is 33.7 Å². The topological polar surface area (TPSA) is 23.6 Å². The van der Waals surface area contributed by atoms with Gasteiger partial charge in [0.25, 0.3) is 0 Å². The molecule has 0 radical (unpaired) electrons. The smallest absolute Gasteiger partial charge is 0.219 e. The maximum atomic E-state index is 11.4. The molecule has 0 N–H and O–H groups in total. The van der Waals surface area contributed by atoms with E-state index in [4.69, 9.17) is 0 Å². The summed E-state index contributed by atoms with van der Waals surface area (Å²) in [5.74, 6) is 0.833. The lowest BCUT2D eigenvalue weighted by molar-refractivity contribution is -0.127. The van der Waals surface area contributed by atoms with Crippen LogP contribution in [-0.4, -0.2) is 42.4 Å². The van der Waals surface area contributed by atoms with Crippen LogP contribution in [0.3, 0.4) is 0 Å². The first-order valence-electron chi connectivity index (χ1n) is 7.46. The van der Waals surface area contributed by atoms with E-state index in [1.165, 1.54) is 16.7 Å². The zero-order valence-corrected chi connectivity index (χ0v) is 13.1. The van der Waals surface area contributed by atoms with Crippen LogP contribution < -0.4 is 0 Å². The van der Waals surface area contributed by atoms with E-state index in [1.807, 2.05) is 4.90 Å². The van der Waals surface area contributed by atoms with Crippen molar-refractivity contribution in [2.75, 3.05) is 26.7 Å². The van der Waals surface area contributed by atoms with Crippen LogP contribution in [0.2, 0.25) is 0 Å². The summed E-state index contributed by atoms with van der Waals surface area (Å²) in [6.07, 6.45) is 1.14. The van der Waals surface area contributed by atoms with Gasteiger partial charge in [-0.1, -0.05) is 18.2 Å². The van der Waals surface area contributed by atoms with Crippen molar-refractivity contribution < 1.29 is 4.79 Å². The van der Waals surface area contributed by atoms with Crippen molar-refractivity contribution in [3.63, 3.8) is 0 Å². The molecule has 0 unspecified atom stereocenters. The Bertz CT molecular complexity index is 484. The molecular formula is C17H26N2O. The molecule has 1 aliphatic rings. The van der Waals surface area contributed by atoms with Crippen LogP contribution in [-0.2, 0) is 11.3 Å². The second-order valence-corrected chi connectivity index (χ2v) is 6.24. The van der Waals surface area contributed by atoms with Crippen LogP contribution in [0.5, 0.6) is 0 Å². The van der Waals surface area contributed by atoms with E-state index in [-0.39, 0.29) is 5.91 Å². The largest absolute Gasteiger partial charge is 0.343 e. The predicted octanol–water partition coefficient (Wildman–Crippen LogP) is 2.60. The minimum absolute atomic E-state index is 0.212. The van der Waals surface area contributed by atoms with Gasteiger partial charge in [0.1, 0.15) is 0 Å². The quantitative estimate of drug-likeness (QED) is 0.842. The van der Waals surface area contributed by atoms with E-state index < -0.39 is 0 Å². The highest BCUT2D eigenvalue weighted by Gasteiger charge is 2.24. The van der Waals surface area contributed by atoms with Crippen molar-refractivity contribution in [3.05, 3.63) is 34.9 Å². The van der Waals surface area contributed by atoms with Crippen LogP contribution in [0.4, 0.5) is 0 Å².